The van der Waals surface area contributed by atoms with E-state index in [1.807, 2.05) is 15.9 Å². The molecule has 30 heavy (non-hydrogen) atoms. The number of rotatable bonds is 4. The zero-order valence-electron chi connectivity index (χ0n) is 15.6. The molecule has 12 heteroatoms. The molecule has 0 bridgehead atoms. The number of nitriles is 1. The van der Waals surface area contributed by atoms with Crippen LogP contribution in [0.5, 0.6) is 0 Å². The van der Waals surface area contributed by atoms with E-state index in [0.29, 0.717) is 32.1 Å². The van der Waals surface area contributed by atoms with Crippen LogP contribution in [0.15, 0.2) is 36.8 Å². The van der Waals surface area contributed by atoms with E-state index >= 15 is 0 Å². The maximum Gasteiger partial charge on any atom is 0.435 e. The lowest BCUT2D eigenvalue weighted by Crippen LogP contribution is -2.47. The summed E-state index contributed by atoms with van der Waals surface area (Å²) < 4.78 is 54.0. The summed E-state index contributed by atoms with van der Waals surface area (Å²) in [6.45, 7) is 2.46. The van der Waals surface area contributed by atoms with Crippen molar-refractivity contribution in [3.8, 4) is 6.07 Å². The molecule has 3 heterocycles. The highest BCUT2D eigenvalue weighted by atomic mass is 19.4. The zero-order chi connectivity index (χ0) is 21.3. The summed E-state index contributed by atoms with van der Waals surface area (Å²) in [6.07, 6.45) is -1.81. The molecule has 0 aliphatic carbocycles. The largest absolute Gasteiger partial charge is 0.435 e. The number of piperazine rings is 1. The highest BCUT2D eigenvalue weighted by Crippen LogP contribution is 2.27. The minimum absolute atomic E-state index is 0.00245. The summed E-state index contributed by atoms with van der Waals surface area (Å²) in [6, 6.07) is 7.19. The molecule has 156 valence electrons. The van der Waals surface area contributed by atoms with Crippen LogP contribution in [0.3, 0.4) is 0 Å². The van der Waals surface area contributed by atoms with Gasteiger partial charge < -0.3 is 9.80 Å². The van der Waals surface area contributed by atoms with Gasteiger partial charge in [0.15, 0.2) is 5.69 Å². The van der Waals surface area contributed by atoms with Crippen LogP contribution in [0, 0.1) is 17.1 Å². The van der Waals surface area contributed by atoms with Crippen molar-refractivity contribution in [1.29, 1.82) is 5.26 Å². The van der Waals surface area contributed by atoms with Crippen molar-refractivity contribution < 1.29 is 17.6 Å². The van der Waals surface area contributed by atoms with Gasteiger partial charge in [-0.3, -0.25) is 4.68 Å². The molecule has 1 aromatic carbocycles. The predicted molar refractivity (Wildman–Crippen MR) is 98.2 cm³/mol. The molecule has 1 saturated heterocycles. The van der Waals surface area contributed by atoms with E-state index in [4.69, 9.17) is 5.26 Å². The van der Waals surface area contributed by atoms with Crippen molar-refractivity contribution in [3.05, 3.63) is 53.9 Å². The zero-order valence-corrected chi connectivity index (χ0v) is 15.6. The summed E-state index contributed by atoms with van der Waals surface area (Å²) in [4.78, 5) is 8.22. The first kappa shape index (κ1) is 19.7. The van der Waals surface area contributed by atoms with Gasteiger partial charge in [-0.1, -0.05) is 0 Å². The summed E-state index contributed by atoms with van der Waals surface area (Å²) >= 11 is 0. The molecular weight excluding hydrogens is 404 g/mol. The Morgan fingerprint density at radius 3 is 2.40 bits per heavy atom. The Labute approximate surface area is 168 Å². The number of alkyl halides is 3. The lowest BCUT2D eigenvalue weighted by atomic mass is 10.1. The van der Waals surface area contributed by atoms with Crippen LogP contribution in [0.4, 0.5) is 29.2 Å². The normalized spacial score (nSPS) is 14.8. The molecule has 0 radical (unpaired) electrons. The van der Waals surface area contributed by atoms with E-state index in [1.54, 1.807) is 6.07 Å². The number of hydrogen-bond acceptors (Lipinski definition) is 6. The van der Waals surface area contributed by atoms with Crippen LogP contribution < -0.4 is 9.80 Å². The molecule has 0 saturated carbocycles. The maximum absolute atomic E-state index is 13.5. The van der Waals surface area contributed by atoms with Gasteiger partial charge in [0.05, 0.1) is 5.56 Å². The van der Waals surface area contributed by atoms with Crippen LogP contribution in [0.25, 0.3) is 0 Å². The van der Waals surface area contributed by atoms with E-state index in [9.17, 15) is 17.6 Å². The molecule has 1 aliphatic rings. The van der Waals surface area contributed by atoms with Crippen molar-refractivity contribution in [1.82, 2.24) is 24.5 Å². The van der Waals surface area contributed by atoms with Crippen molar-refractivity contribution in [2.24, 2.45) is 0 Å². The smallest absolute Gasteiger partial charge is 0.368 e. The first-order valence-electron chi connectivity index (χ1n) is 9.03. The average Bonchev–Trinajstić information content (AvgIpc) is 3.39. The number of hydrogen-bond donors (Lipinski definition) is 0. The van der Waals surface area contributed by atoms with Crippen LogP contribution in [-0.2, 0) is 12.8 Å². The Morgan fingerprint density at radius 2 is 1.73 bits per heavy atom. The number of aromatic nitrogens is 5. The molecule has 0 N–H and O–H groups in total. The molecule has 0 unspecified atom stereocenters. The highest BCUT2D eigenvalue weighted by Gasteiger charge is 2.33. The Balaban J connectivity index is 1.37. The molecule has 0 spiro atoms. The van der Waals surface area contributed by atoms with Gasteiger partial charge in [-0.15, -0.1) is 5.10 Å². The predicted octanol–water partition coefficient (Wildman–Crippen LogP) is 2.34. The molecule has 2 aromatic heterocycles. The van der Waals surface area contributed by atoms with Crippen LogP contribution in [0.1, 0.15) is 11.3 Å². The van der Waals surface area contributed by atoms with Gasteiger partial charge in [-0.2, -0.15) is 23.5 Å². The van der Waals surface area contributed by atoms with Crippen molar-refractivity contribution in [2.45, 2.75) is 12.8 Å². The van der Waals surface area contributed by atoms with Crippen LogP contribution in [0.2, 0.25) is 0 Å². The van der Waals surface area contributed by atoms with Gasteiger partial charge in [-0.25, -0.2) is 14.1 Å². The van der Waals surface area contributed by atoms with Crippen LogP contribution >= 0.6 is 0 Å². The van der Waals surface area contributed by atoms with E-state index in [0.717, 1.165) is 16.4 Å². The minimum atomic E-state index is -4.49. The SMILES string of the molecule is N#Cc1cc(N2CCN(c3ncn(Cn4ccc(C(F)(F)F)n4)n3)CC2)ccc1F. The second-order valence-electron chi connectivity index (χ2n) is 6.71. The van der Waals surface area contributed by atoms with Crippen molar-refractivity contribution >= 4 is 11.6 Å². The number of halogens is 4. The summed E-state index contributed by atoms with van der Waals surface area (Å²) in [5.74, 6) is -0.0798. The minimum Gasteiger partial charge on any atom is -0.368 e. The van der Waals surface area contributed by atoms with Gasteiger partial charge in [0.25, 0.3) is 0 Å². The molecule has 0 amide bonds. The number of anilines is 2. The molecule has 1 aliphatic heterocycles. The topological polar surface area (TPSA) is 78.8 Å². The van der Waals surface area contributed by atoms with Crippen molar-refractivity contribution in [3.63, 3.8) is 0 Å². The number of nitrogens with zero attached hydrogens (tertiary/aromatic N) is 8. The van der Waals surface area contributed by atoms with Gasteiger partial charge in [0, 0.05) is 38.1 Å². The maximum atomic E-state index is 13.5. The molecule has 3 aromatic rings. The van der Waals surface area contributed by atoms with Crippen LogP contribution in [-0.4, -0.2) is 50.7 Å². The second-order valence-corrected chi connectivity index (χ2v) is 6.71. The Kier molecular flexibility index (Phi) is 5.03. The molecule has 0 atom stereocenters. The van der Waals surface area contributed by atoms with Gasteiger partial charge in [0.2, 0.25) is 5.95 Å². The monoisotopic (exact) mass is 420 g/mol. The highest BCUT2D eigenvalue weighted by molar-refractivity contribution is 5.53. The van der Waals surface area contributed by atoms with E-state index in [2.05, 4.69) is 15.2 Å². The molecule has 1 fully saturated rings. The fourth-order valence-corrected chi connectivity index (χ4v) is 3.20. The fraction of sp³-hybridized carbons (Fsp3) is 0.333. The van der Waals surface area contributed by atoms with Gasteiger partial charge >= 0.3 is 6.18 Å². The van der Waals surface area contributed by atoms with Crippen molar-refractivity contribution in [2.75, 3.05) is 36.0 Å². The molecular formula is C18H16F4N8. The van der Waals surface area contributed by atoms with Gasteiger partial charge in [0.1, 0.15) is 24.9 Å². The van der Waals surface area contributed by atoms with Gasteiger partial charge in [-0.05, 0) is 24.3 Å². The Bertz CT molecular complexity index is 1070. The first-order chi connectivity index (χ1) is 14.3. The van der Waals surface area contributed by atoms with E-state index in [1.165, 1.54) is 29.3 Å². The number of benzene rings is 1. The standard InChI is InChI=1S/C18H16F4N8/c19-15-2-1-14(9-13(15)10-23)27-5-7-28(8-6-27)17-24-11-30(26-17)12-29-4-3-16(25-29)18(20,21)22/h1-4,9,11H,5-8,12H2. The molecule has 8 nitrogen and oxygen atoms in total. The Hall–Kier alpha value is -3.62. The summed E-state index contributed by atoms with van der Waals surface area (Å²) in [7, 11) is 0. The van der Waals surface area contributed by atoms with E-state index in [-0.39, 0.29) is 12.2 Å². The first-order valence-corrected chi connectivity index (χ1v) is 9.03. The quantitative estimate of drug-likeness (QED) is 0.603. The second kappa shape index (κ2) is 7.66. The lowest BCUT2D eigenvalue weighted by Gasteiger charge is -2.35. The lowest BCUT2D eigenvalue weighted by molar-refractivity contribution is -0.141. The Morgan fingerprint density at radius 1 is 1.00 bits per heavy atom. The third kappa shape index (κ3) is 4.05. The summed E-state index contributed by atoms with van der Waals surface area (Å²) in [5.41, 5.74) is -0.188. The summed E-state index contributed by atoms with van der Waals surface area (Å²) in [5, 5.41) is 16.8. The fourth-order valence-electron chi connectivity index (χ4n) is 3.20. The van der Waals surface area contributed by atoms with E-state index < -0.39 is 17.7 Å². The third-order valence-corrected chi connectivity index (χ3v) is 4.74. The average molecular weight is 420 g/mol. The third-order valence-electron chi connectivity index (χ3n) is 4.74. The molecule has 4 rings (SSSR count).